The molecule has 0 heterocycles. The van der Waals surface area contributed by atoms with Gasteiger partial charge in [0, 0.05) is 19.0 Å². The number of carbonyl (C=O) groups is 2. The molecule has 0 spiro atoms. The van der Waals surface area contributed by atoms with E-state index in [9.17, 15) is 22.4 Å². The molecule has 2 amide bonds. The molecule has 0 unspecified atom stereocenters. The summed E-state index contributed by atoms with van der Waals surface area (Å²) in [7, 11) is -4.20. The quantitative estimate of drug-likeness (QED) is 0.158. The summed E-state index contributed by atoms with van der Waals surface area (Å²) in [6, 6.07) is 28.0. The van der Waals surface area contributed by atoms with Gasteiger partial charge in [0.15, 0.2) is 0 Å². The first-order chi connectivity index (χ1) is 23.5. The number of nitrogens with one attached hydrogen (secondary N) is 1. The molecule has 1 atom stereocenters. The van der Waals surface area contributed by atoms with Crippen molar-refractivity contribution in [2.45, 2.75) is 88.7 Å². The molecule has 0 aliphatic heterocycles. The van der Waals surface area contributed by atoms with Crippen LogP contribution in [-0.4, -0.2) is 43.8 Å². The number of carbonyl (C=O) groups excluding carboxylic acids is 2. The average Bonchev–Trinajstić information content (AvgIpc) is 3.10. The van der Waals surface area contributed by atoms with Crippen LogP contribution in [0.3, 0.4) is 0 Å². The Morgan fingerprint density at radius 2 is 1.45 bits per heavy atom. The first-order valence-electron chi connectivity index (χ1n) is 17.1. The molecule has 1 N–H and O–H groups in total. The lowest BCUT2D eigenvalue weighted by Gasteiger charge is -2.35. The van der Waals surface area contributed by atoms with Crippen molar-refractivity contribution in [1.29, 1.82) is 0 Å². The highest BCUT2D eigenvalue weighted by atomic mass is 32.2. The van der Waals surface area contributed by atoms with E-state index in [4.69, 9.17) is 0 Å². The van der Waals surface area contributed by atoms with Gasteiger partial charge >= 0.3 is 0 Å². The largest absolute Gasteiger partial charge is 0.352 e. The lowest BCUT2D eigenvalue weighted by atomic mass is 9.94. The lowest BCUT2D eigenvalue weighted by molar-refractivity contribution is -0.140. The van der Waals surface area contributed by atoms with E-state index in [-0.39, 0.29) is 35.7 Å². The minimum Gasteiger partial charge on any atom is -0.352 e. The van der Waals surface area contributed by atoms with E-state index >= 15 is 0 Å². The van der Waals surface area contributed by atoms with Crippen LogP contribution in [0.2, 0.25) is 0 Å². The number of rotatable bonds is 13. The third-order valence-electron chi connectivity index (χ3n) is 9.22. The number of amides is 2. The maximum Gasteiger partial charge on any atom is 0.264 e. The van der Waals surface area contributed by atoms with Crippen molar-refractivity contribution in [1.82, 2.24) is 10.2 Å². The fourth-order valence-corrected chi connectivity index (χ4v) is 7.69. The van der Waals surface area contributed by atoms with E-state index in [1.54, 1.807) is 36.4 Å². The Hall–Kier alpha value is -4.50. The van der Waals surface area contributed by atoms with Crippen LogP contribution in [0.4, 0.5) is 10.1 Å². The standard InChI is InChI=1S/C40H46FN3O4S/c1-29(2)33-18-22-36(23-19-33)44(49(47,48)37-24-14-30(3)15-25-37)28-39(45)43(27-32-16-20-34(41)21-17-32)38(26-31-10-6-4-7-11-31)40(46)42-35-12-8-5-9-13-35/h4,6-7,10-11,14-25,29,35,38H,5,8-9,12-13,26-28H2,1-3H3,(H,42,46)/t38-/m0/s1. The molecule has 0 radical (unpaired) electrons. The van der Waals surface area contributed by atoms with Crippen LogP contribution in [0.5, 0.6) is 0 Å². The van der Waals surface area contributed by atoms with Gasteiger partial charge in [0.05, 0.1) is 10.6 Å². The molecule has 1 fully saturated rings. The molecule has 49 heavy (non-hydrogen) atoms. The SMILES string of the molecule is Cc1ccc(S(=O)(=O)N(CC(=O)N(Cc2ccc(F)cc2)[C@@H](Cc2ccccc2)C(=O)NC2CCCCC2)c2ccc(C(C)C)cc2)cc1. The molecule has 1 saturated carbocycles. The van der Waals surface area contributed by atoms with E-state index in [0.29, 0.717) is 11.3 Å². The van der Waals surface area contributed by atoms with Crippen LogP contribution in [0.25, 0.3) is 0 Å². The van der Waals surface area contributed by atoms with Crippen LogP contribution in [0.1, 0.15) is 74.1 Å². The number of sulfonamides is 1. The zero-order valence-electron chi connectivity index (χ0n) is 28.5. The molecule has 0 bridgehead atoms. The Bertz CT molecular complexity index is 1790. The van der Waals surface area contributed by atoms with Crippen molar-refractivity contribution in [3.05, 3.63) is 131 Å². The highest BCUT2D eigenvalue weighted by Gasteiger charge is 2.35. The molecule has 5 rings (SSSR count). The predicted octanol–water partition coefficient (Wildman–Crippen LogP) is 7.54. The van der Waals surface area contributed by atoms with Crippen LogP contribution in [0, 0.1) is 12.7 Å². The smallest absolute Gasteiger partial charge is 0.264 e. The van der Waals surface area contributed by atoms with Crippen molar-refractivity contribution >= 4 is 27.5 Å². The number of aryl methyl sites for hydroxylation is 1. The number of halogens is 1. The van der Waals surface area contributed by atoms with Gasteiger partial charge in [-0.3, -0.25) is 13.9 Å². The molecule has 7 nitrogen and oxygen atoms in total. The summed E-state index contributed by atoms with van der Waals surface area (Å²) in [5, 5.41) is 3.21. The Labute approximate surface area is 290 Å². The Kier molecular flexibility index (Phi) is 11.9. The number of benzene rings is 4. The van der Waals surface area contributed by atoms with E-state index in [1.165, 1.54) is 29.2 Å². The molecular weight excluding hydrogens is 638 g/mol. The average molecular weight is 684 g/mol. The van der Waals surface area contributed by atoms with Gasteiger partial charge in [-0.25, -0.2) is 12.8 Å². The minimum atomic E-state index is -4.20. The van der Waals surface area contributed by atoms with E-state index < -0.39 is 34.3 Å². The molecule has 0 saturated heterocycles. The third kappa shape index (κ3) is 9.35. The van der Waals surface area contributed by atoms with Gasteiger partial charge in [0.2, 0.25) is 11.8 Å². The third-order valence-corrected chi connectivity index (χ3v) is 11.0. The fourth-order valence-electron chi connectivity index (χ4n) is 6.28. The van der Waals surface area contributed by atoms with Gasteiger partial charge in [-0.05, 0) is 78.8 Å². The summed E-state index contributed by atoms with van der Waals surface area (Å²) in [6.45, 7) is 5.43. The number of hydrogen-bond acceptors (Lipinski definition) is 4. The number of hydrogen-bond donors (Lipinski definition) is 1. The van der Waals surface area contributed by atoms with Gasteiger partial charge in [-0.1, -0.05) is 105 Å². The zero-order chi connectivity index (χ0) is 35.0. The molecule has 258 valence electrons. The van der Waals surface area contributed by atoms with Crippen LogP contribution in [0.15, 0.2) is 108 Å². The van der Waals surface area contributed by atoms with Gasteiger partial charge < -0.3 is 10.2 Å². The van der Waals surface area contributed by atoms with Crippen molar-refractivity contribution in [2.24, 2.45) is 0 Å². The summed E-state index contributed by atoms with van der Waals surface area (Å²) < 4.78 is 43.7. The van der Waals surface area contributed by atoms with Crippen molar-refractivity contribution in [2.75, 3.05) is 10.8 Å². The van der Waals surface area contributed by atoms with Crippen molar-refractivity contribution < 1.29 is 22.4 Å². The van der Waals surface area contributed by atoms with Crippen LogP contribution in [-0.2, 0) is 32.6 Å². The number of nitrogens with zero attached hydrogens (tertiary/aromatic N) is 2. The normalized spacial score (nSPS) is 14.3. The minimum absolute atomic E-state index is 0.000168. The maximum atomic E-state index is 14.7. The summed E-state index contributed by atoms with van der Waals surface area (Å²) in [6.07, 6.45) is 5.12. The first-order valence-corrected chi connectivity index (χ1v) is 18.5. The molecular formula is C40H46FN3O4S. The monoisotopic (exact) mass is 683 g/mol. The summed E-state index contributed by atoms with van der Waals surface area (Å²) >= 11 is 0. The highest BCUT2D eigenvalue weighted by molar-refractivity contribution is 7.92. The Morgan fingerprint density at radius 3 is 2.06 bits per heavy atom. The van der Waals surface area contributed by atoms with Crippen LogP contribution < -0.4 is 9.62 Å². The number of anilines is 1. The van der Waals surface area contributed by atoms with Gasteiger partial charge in [-0.2, -0.15) is 0 Å². The second kappa shape index (κ2) is 16.3. The lowest BCUT2D eigenvalue weighted by Crippen LogP contribution is -2.55. The van der Waals surface area contributed by atoms with Crippen molar-refractivity contribution in [3.8, 4) is 0 Å². The molecule has 4 aromatic rings. The summed E-state index contributed by atoms with van der Waals surface area (Å²) in [5.41, 5.74) is 3.75. The maximum absolute atomic E-state index is 14.7. The van der Waals surface area contributed by atoms with E-state index in [2.05, 4.69) is 19.2 Å². The molecule has 4 aromatic carbocycles. The summed E-state index contributed by atoms with van der Waals surface area (Å²) in [5.74, 6) is -1.03. The Morgan fingerprint density at radius 1 is 0.816 bits per heavy atom. The van der Waals surface area contributed by atoms with E-state index in [1.807, 2.05) is 49.4 Å². The zero-order valence-corrected chi connectivity index (χ0v) is 29.3. The molecule has 1 aliphatic carbocycles. The van der Waals surface area contributed by atoms with Crippen molar-refractivity contribution in [3.63, 3.8) is 0 Å². The second-order valence-corrected chi connectivity index (χ2v) is 15.1. The summed E-state index contributed by atoms with van der Waals surface area (Å²) in [4.78, 5) is 30.4. The van der Waals surface area contributed by atoms with Crippen LogP contribution >= 0.6 is 0 Å². The topological polar surface area (TPSA) is 86.8 Å². The van der Waals surface area contributed by atoms with Gasteiger partial charge in [-0.15, -0.1) is 0 Å². The second-order valence-electron chi connectivity index (χ2n) is 13.3. The van der Waals surface area contributed by atoms with Gasteiger partial charge in [0.1, 0.15) is 18.4 Å². The molecule has 9 heteroatoms. The van der Waals surface area contributed by atoms with E-state index in [0.717, 1.165) is 53.1 Å². The first kappa shape index (κ1) is 35.8. The highest BCUT2D eigenvalue weighted by Crippen LogP contribution is 2.28. The molecule has 0 aromatic heterocycles. The predicted molar refractivity (Wildman–Crippen MR) is 192 cm³/mol. The Balaban J connectivity index is 1.56. The molecule has 1 aliphatic rings. The fraction of sp³-hybridized carbons (Fsp3) is 0.350. The van der Waals surface area contributed by atoms with Gasteiger partial charge in [0.25, 0.3) is 10.0 Å².